The lowest BCUT2D eigenvalue weighted by molar-refractivity contribution is -0.141. The maximum atomic E-state index is 13.4. The molecule has 1 aliphatic heterocycles. The Labute approximate surface area is 209 Å². The molecule has 0 saturated carbocycles. The molecule has 9 nitrogen and oxygen atoms in total. The van der Waals surface area contributed by atoms with Crippen LogP contribution in [0.5, 0.6) is 5.75 Å². The number of carboxylic acid groups (broad SMARTS) is 1. The molecular formula is C25H31ClN4O5. The largest absolute Gasteiger partial charge is 0.508 e. The number of hydrogen-bond acceptors (Lipinski definition) is 6. The Morgan fingerprint density at radius 1 is 1.14 bits per heavy atom. The maximum Gasteiger partial charge on any atom is 0.317 e. The highest BCUT2D eigenvalue weighted by Gasteiger charge is 2.37. The number of carboxylic acids is 1. The van der Waals surface area contributed by atoms with Crippen LogP contribution in [0.4, 0.5) is 0 Å². The molecule has 1 heterocycles. The van der Waals surface area contributed by atoms with E-state index in [1.165, 1.54) is 4.90 Å². The van der Waals surface area contributed by atoms with Gasteiger partial charge in [0.2, 0.25) is 11.8 Å². The fourth-order valence-corrected chi connectivity index (χ4v) is 4.45. The quantitative estimate of drug-likeness (QED) is 0.315. The monoisotopic (exact) mass is 502 g/mol. The Kier molecular flexibility index (Phi) is 9.47. The van der Waals surface area contributed by atoms with Crippen LogP contribution in [0, 0.1) is 0 Å². The lowest BCUT2D eigenvalue weighted by Gasteiger charge is -2.28. The molecule has 1 fully saturated rings. The number of amides is 2. The second kappa shape index (κ2) is 12.5. The molecule has 0 bridgehead atoms. The van der Waals surface area contributed by atoms with Gasteiger partial charge in [-0.05, 0) is 66.6 Å². The number of benzene rings is 2. The fraction of sp³-hybridized carbons (Fsp3) is 0.400. The number of nitrogens with one attached hydrogen (secondary N) is 2. The molecule has 35 heavy (non-hydrogen) atoms. The van der Waals surface area contributed by atoms with Gasteiger partial charge in [-0.1, -0.05) is 29.8 Å². The minimum atomic E-state index is -1.07. The Balaban J connectivity index is 1.66. The van der Waals surface area contributed by atoms with Crippen molar-refractivity contribution in [3.8, 4) is 5.75 Å². The van der Waals surface area contributed by atoms with E-state index >= 15 is 0 Å². The van der Waals surface area contributed by atoms with E-state index in [0.29, 0.717) is 43.8 Å². The molecule has 2 atom stereocenters. The molecule has 0 spiro atoms. The summed E-state index contributed by atoms with van der Waals surface area (Å²) in [6.07, 6.45) is 2.06. The first-order valence-corrected chi connectivity index (χ1v) is 11.9. The zero-order valence-electron chi connectivity index (χ0n) is 19.4. The van der Waals surface area contributed by atoms with Crippen LogP contribution in [-0.4, -0.2) is 58.1 Å². The minimum absolute atomic E-state index is 0.146. The van der Waals surface area contributed by atoms with Crippen LogP contribution in [0.3, 0.4) is 0 Å². The van der Waals surface area contributed by atoms with Gasteiger partial charge in [0.25, 0.3) is 0 Å². The zero-order chi connectivity index (χ0) is 25.4. The summed E-state index contributed by atoms with van der Waals surface area (Å²) in [5.41, 5.74) is 8.38. The number of phenols is 1. The first kappa shape index (κ1) is 26.5. The molecule has 10 heteroatoms. The van der Waals surface area contributed by atoms with Gasteiger partial charge in [-0.2, -0.15) is 0 Å². The number of nitrogens with zero attached hydrogens (tertiary/aromatic N) is 1. The standard InChI is InChI=1S/C25H31ClN4O5/c26-19-7-6-17(13-27)18(12-19)14-29-24(34)22-2-1-11-30(22)25(35)21(28-15-23(32)33)10-5-16-3-8-20(31)9-4-16/h3-4,6-9,12,21-22,28,31H,1-2,5,10-11,13-15,27H2,(H,29,34)(H,32,33)/t21-,22+/m1/s1. The lowest BCUT2D eigenvalue weighted by Crippen LogP contribution is -2.53. The van der Waals surface area contributed by atoms with E-state index in [-0.39, 0.29) is 30.7 Å². The van der Waals surface area contributed by atoms with Gasteiger partial charge in [0.1, 0.15) is 11.8 Å². The first-order chi connectivity index (χ1) is 16.8. The summed E-state index contributed by atoms with van der Waals surface area (Å²) in [6, 6.07) is 10.6. The molecule has 2 aromatic rings. The minimum Gasteiger partial charge on any atom is -0.508 e. The average Bonchev–Trinajstić information content (AvgIpc) is 3.33. The Morgan fingerprint density at radius 3 is 2.57 bits per heavy atom. The molecule has 0 aliphatic carbocycles. The van der Waals surface area contributed by atoms with Crippen molar-refractivity contribution in [1.82, 2.24) is 15.5 Å². The molecule has 3 rings (SSSR count). The third-order valence-electron chi connectivity index (χ3n) is 6.14. The number of carbonyl (C=O) groups is 3. The lowest BCUT2D eigenvalue weighted by atomic mass is 10.0. The molecule has 0 radical (unpaired) electrons. The number of aliphatic carboxylic acids is 1. The van der Waals surface area contributed by atoms with Crippen LogP contribution in [0.2, 0.25) is 5.02 Å². The molecule has 2 amide bonds. The summed E-state index contributed by atoms with van der Waals surface area (Å²) < 4.78 is 0. The van der Waals surface area contributed by atoms with Crippen molar-refractivity contribution in [3.63, 3.8) is 0 Å². The number of aromatic hydroxyl groups is 1. The van der Waals surface area contributed by atoms with Gasteiger partial charge in [0, 0.05) is 24.7 Å². The van der Waals surface area contributed by atoms with Gasteiger partial charge in [-0.25, -0.2) is 0 Å². The maximum absolute atomic E-state index is 13.4. The first-order valence-electron chi connectivity index (χ1n) is 11.6. The molecule has 188 valence electrons. The topological polar surface area (TPSA) is 145 Å². The normalized spacial score (nSPS) is 16.2. The van der Waals surface area contributed by atoms with Gasteiger partial charge in [-0.15, -0.1) is 0 Å². The third-order valence-corrected chi connectivity index (χ3v) is 6.37. The molecule has 0 aromatic heterocycles. The van der Waals surface area contributed by atoms with Gasteiger partial charge in [-0.3, -0.25) is 19.7 Å². The van der Waals surface area contributed by atoms with Gasteiger partial charge in [0.15, 0.2) is 0 Å². The number of aryl methyl sites for hydroxylation is 1. The number of hydrogen-bond donors (Lipinski definition) is 5. The Hall–Kier alpha value is -3.14. The summed E-state index contributed by atoms with van der Waals surface area (Å²) in [7, 11) is 0. The number of nitrogens with two attached hydrogens (primary N) is 1. The van der Waals surface area contributed by atoms with Crippen molar-refractivity contribution in [2.24, 2.45) is 5.73 Å². The van der Waals surface area contributed by atoms with Crippen LogP contribution in [0.1, 0.15) is 36.0 Å². The van der Waals surface area contributed by atoms with E-state index in [2.05, 4.69) is 10.6 Å². The van der Waals surface area contributed by atoms with E-state index in [4.69, 9.17) is 22.4 Å². The average molecular weight is 503 g/mol. The van der Waals surface area contributed by atoms with Crippen LogP contribution in [0.15, 0.2) is 42.5 Å². The van der Waals surface area contributed by atoms with Crippen molar-refractivity contribution in [2.75, 3.05) is 13.1 Å². The molecule has 1 aliphatic rings. The van der Waals surface area contributed by atoms with Crippen LogP contribution < -0.4 is 16.4 Å². The number of phenolic OH excluding ortho intramolecular Hbond substituents is 1. The second-order valence-electron chi connectivity index (χ2n) is 8.56. The molecule has 1 saturated heterocycles. The number of carbonyl (C=O) groups excluding carboxylic acids is 2. The van der Waals surface area contributed by atoms with E-state index in [0.717, 1.165) is 16.7 Å². The smallest absolute Gasteiger partial charge is 0.317 e. The van der Waals surface area contributed by atoms with Crippen molar-refractivity contribution in [3.05, 3.63) is 64.2 Å². The van der Waals surface area contributed by atoms with Crippen LogP contribution >= 0.6 is 11.6 Å². The van der Waals surface area contributed by atoms with E-state index in [1.54, 1.807) is 36.4 Å². The van der Waals surface area contributed by atoms with Crippen molar-refractivity contribution >= 4 is 29.4 Å². The predicted octanol–water partition coefficient (Wildman–Crippen LogP) is 1.79. The Morgan fingerprint density at radius 2 is 1.89 bits per heavy atom. The molecule has 6 N–H and O–H groups in total. The van der Waals surface area contributed by atoms with E-state index < -0.39 is 18.1 Å². The summed E-state index contributed by atoms with van der Waals surface area (Å²) in [5, 5.41) is 24.8. The number of likely N-dealkylation sites (tertiary alicyclic amines) is 1. The van der Waals surface area contributed by atoms with Crippen LogP contribution in [-0.2, 0) is 33.9 Å². The van der Waals surface area contributed by atoms with Crippen LogP contribution in [0.25, 0.3) is 0 Å². The SMILES string of the molecule is NCc1ccc(Cl)cc1CNC(=O)[C@@H]1CCCN1C(=O)[C@@H](CCc1ccc(O)cc1)NCC(=O)O. The highest BCUT2D eigenvalue weighted by molar-refractivity contribution is 6.30. The van der Waals surface area contributed by atoms with Crippen molar-refractivity contribution < 1.29 is 24.6 Å². The summed E-state index contributed by atoms with van der Waals surface area (Å²) in [4.78, 5) is 39.1. The highest BCUT2D eigenvalue weighted by Crippen LogP contribution is 2.21. The van der Waals surface area contributed by atoms with Crippen molar-refractivity contribution in [2.45, 2.75) is 50.9 Å². The number of rotatable bonds is 11. The molecule has 0 unspecified atom stereocenters. The van der Waals surface area contributed by atoms with E-state index in [1.807, 2.05) is 6.07 Å². The van der Waals surface area contributed by atoms with Gasteiger partial charge >= 0.3 is 5.97 Å². The van der Waals surface area contributed by atoms with E-state index in [9.17, 15) is 19.5 Å². The third kappa shape index (κ3) is 7.42. The summed E-state index contributed by atoms with van der Waals surface area (Å²) in [6.45, 7) is 0.611. The number of halogens is 1. The summed E-state index contributed by atoms with van der Waals surface area (Å²) >= 11 is 6.08. The van der Waals surface area contributed by atoms with Gasteiger partial charge in [0.05, 0.1) is 12.6 Å². The zero-order valence-corrected chi connectivity index (χ0v) is 20.1. The molecule has 2 aromatic carbocycles. The highest BCUT2D eigenvalue weighted by atomic mass is 35.5. The fourth-order valence-electron chi connectivity index (χ4n) is 4.26. The van der Waals surface area contributed by atoms with Crippen molar-refractivity contribution in [1.29, 1.82) is 0 Å². The Bertz CT molecular complexity index is 1050. The predicted molar refractivity (Wildman–Crippen MR) is 132 cm³/mol. The molecular weight excluding hydrogens is 472 g/mol. The van der Waals surface area contributed by atoms with Gasteiger partial charge < -0.3 is 26.2 Å². The second-order valence-corrected chi connectivity index (χ2v) is 8.99. The summed E-state index contributed by atoms with van der Waals surface area (Å²) in [5.74, 6) is -1.49.